The van der Waals surface area contributed by atoms with Crippen molar-refractivity contribution >= 4 is 22.7 Å². The maximum atomic E-state index is 14.5. The predicted molar refractivity (Wildman–Crippen MR) is 153 cm³/mol. The van der Waals surface area contributed by atoms with Crippen LogP contribution in [0.5, 0.6) is 0 Å². The van der Waals surface area contributed by atoms with E-state index in [1.807, 2.05) is 24.4 Å². The molecule has 0 atom stereocenters. The smallest absolute Gasteiger partial charge is 0.200 e. The van der Waals surface area contributed by atoms with Gasteiger partial charge in [-0.1, -0.05) is 29.8 Å². The van der Waals surface area contributed by atoms with Gasteiger partial charge in [0, 0.05) is 37.4 Å². The second kappa shape index (κ2) is 11.0. The van der Waals surface area contributed by atoms with Crippen molar-refractivity contribution in [3.05, 3.63) is 108 Å². The molecule has 8 heteroatoms. The van der Waals surface area contributed by atoms with Crippen molar-refractivity contribution in [1.82, 2.24) is 24.6 Å². The van der Waals surface area contributed by atoms with E-state index in [1.165, 1.54) is 23.0 Å². The van der Waals surface area contributed by atoms with Crippen LogP contribution in [0, 0.1) is 12.7 Å². The highest BCUT2D eigenvalue weighted by Crippen LogP contribution is 2.29. The van der Waals surface area contributed by atoms with Crippen LogP contribution in [-0.2, 0) is 6.42 Å². The molecule has 39 heavy (non-hydrogen) atoms. The average Bonchev–Trinajstić information content (AvgIpc) is 3.22. The number of allylic oxidation sites excluding steroid dienone is 1. The number of rotatable bonds is 6. The van der Waals surface area contributed by atoms with Gasteiger partial charge < -0.3 is 10.2 Å². The summed E-state index contributed by atoms with van der Waals surface area (Å²) in [5, 5.41) is 7.91. The molecular formula is C31H30FN7. The molecule has 0 saturated carbocycles. The minimum atomic E-state index is -0.444. The van der Waals surface area contributed by atoms with E-state index in [0.717, 1.165) is 49.9 Å². The summed E-state index contributed by atoms with van der Waals surface area (Å²) >= 11 is 0. The lowest BCUT2D eigenvalue weighted by molar-refractivity contribution is 0.625. The summed E-state index contributed by atoms with van der Waals surface area (Å²) < 4.78 is 16.3. The van der Waals surface area contributed by atoms with Gasteiger partial charge in [0.15, 0.2) is 11.6 Å². The Hall–Kier alpha value is -4.59. The van der Waals surface area contributed by atoms with E-state index in [9.17, 15) is 4.39 Å². The van der Waals surface area contributed by atoms with E-state index in [-0.39, 0.29) is 0 Å². The zero-order chi connectivity index (χ0) is 26.6. The first-order valence-corrected chi connectivity index (χ1v) is 13.3. The molecule has 0 aliphatic carbocycles. The van der Waals surface area contributed by atoms with Gasteiger partial charge in [0.2, 0.25) is 5.82 Å². The Morgan fingerprint density at radius 2 is 1.97 bits per heavy atom. The molecule has 1 saturated heterocycles. The molecule has 7 nitrogen and oxygen atoms in total. The minimum Gasteiger partial charge on any atom is -0.371 e. The Morgan fingerprint density at radius 1 is 1.03 bits per heavy atom. The second-order valence-corrected chi connectivity index (χ2v) is 9.86. The van der Waals surface area contributed by atoms with Crippen molar-refractivity contribution in [3.63, 3.8) is 0 Å². The number of hydrogen-bond acceptors (Lipinski definition) is 6. The Balaban J connectivity index is 1.29. The van der Waals surface area contributed by atoms with Crippen molar-refractivity contribution < 1.29 is 4.39 Å². The molecule has 1 fully saturated rings. The fraction of sp³-hybridized carbons (Fsp3) is 0.226. The minimum absolute atomic E-state index is 0.308. The molecule has 1 aromatic carbocycles. The number of hydrogen-bond donors (Lipinski definition) is 1. The third-order valence-corrected chi connectivity index (χ3v) is 7.12. The van der Waals surface area contributed by atoms with Crippen LogP contribution in [0.1, 0.15) is 30.4 Å². The molecule has 1 N–H and O–H groups in total. The van der Waals surface area contributed by atoms with Gasteiger partial charge in [-0.2, -0.15) is 0 Å². The van der Waals surface area contributed by atoms with Gasteiger partial charge in [-0.25, -0.2) is 13.9 Å². The summed E-state index contributed by atoms with van der Waals surface area (Å²) in [6.07, 6.45) is 12.7. The number of aryl methyl sites for hydroxylation is 1. The standard InChI is InChI=1S/C31H30FN7/c1-22-6-4-8-25(20-22)38-17-5-7-23(13-18-38)10-11-24-14-19-39-29(24)31(35-27-12-16-33-21-26(27)32)36-30(37-39)28-9-2-3-15-34-28/h2-4,6,8-10,12,14-16,19-21H,5,7,11,13,17-18H2,1H3,(H,33,35,36,37)/b23-10-. The molecule has 0 bridgehead atoms. The van der Waals surface area contributed by atoms with E-state index in [2.05, 4.69) is 63.5 Å². The van der Waals surface area contributed by atoms with Crippen LogP contribution in [0.2, 0.25) is 0 Å². The second-order valence-electron chi connectivity index (χ2n) is 9.86. The summed E-state index contributed by atoms with van der Waals surface area (Å²) in [7, 11) is 0. The fourth-order valence-corrected chi connectivity index (χ4v) is 5.10. The van der Waals surface area contributed by atoms with E-state index in [4.69, 9.17) is 10.1 Å². The lowest BCUT2D eigenvalue weighted by atomic mass is 10.0. The maximum absolute atomic E-state index is 14.5. The maximum Gasteiger partial charge on any atom is 0.200 e. The highest BCUT2D eigenvalue weighted by atomic mass is 19.1. The summed E-state index contributed by atoms with van der Waals surface area (Å²) in [5.74, 6) is 0.543. The zero-order valence-corrected chi connectivity index (χ0v) is 21.9. The molecular weight excluding hydrogens is 489 g/mol. The molecule has 0 amide bonds. The number of anilines is 3. The molecule has 1 aliphatic rings. The summed E-state index contributed by atoms with van der Waals surface area (Å²) in [6.45, 7) is 4.21. The number of benzene rings is 1. The number of halogens is 1. The van der Waals surface area contributed by atoms with E-state index < -0.39 is 5.82 Å². The molecule has 1 aliphatic heterocycles. The molecule has 0 spiro atoms. The van der Waals surface area contributed by atoms with Gasteiger partial charge in [-0.3, -0.25) is 9.97 Å². The fourth-order valence-electron chi connectivity index (χ4n) is 5.10. The van der Waals surface area contributed by atoms with Crippen molar-refractivity contribution in [1.29, 1.82) is 0 Å². The van der Waals surface area contributed by atoms with Crippen molar-refractivity contribution in [3.8, 4) is 11.5 Å². The van der Waals surface area contributed by atoms with Gasteiger partial charge in [0.25, 0.3) is 0 Å². The number of nitrogens with one attached hydrogen (secondary N) is 1. The van der Waals surface area contributed by atoms with Gasteiger partial charge in [0.1, 0.15) is 11.2 Å². The first-order valence-electron chi connectivity index (χ1n) is 13.3. The number of aromatic nitrogens is 5. The van der Waals surface area contributed by atoms with Crippen LogP contribution in [0.15, 0.2) is 91.0 Å². The first-order chi connectivity index (χ1) is 19.1. The Morgan fingerprint density at radius 3 is 2.82 bits per heavy atom. The van der Waals surface area contributed by atoms with Crippen molar-refractivity contribution in [2.24, 2.45) is 0 Å². The summed E-state index contributed by atoms with van der Waals surface area (Å²) in [4.78, 5) is 15.5. The van der Waals surface area contributed by atoms with Crippen LogP contribution >= 0.6 is 0 Å². The summed E-state index contributed by atoms with van der Waals surface area (Å²) in [6, 6.07) is 18.0. The third-order valence-electron chi connectivity index (χ3n) is 7.12. The molecule has 5 aromatic rings. The van der Waals surface area contributed by atoms with Gasteiger partial charge in [-0.15, -0.1) is 5.10 Å². The topological polar surface area (TPSA) is 71.2 Å². The lowest BCUT2D eigenvalue weighted by Crippen LogP contribution is -2.23. The molecule has 0 unspecified atom stereocenters. The van der Waals surface area contributed by atoms with E-state index in [1.54, 1.807) is 23.0 Å². The van der Waals surface area contributed by atoms with Crippen LogP contribution < -0.4 is 10.2 Å². The normalized spacial score (nSPS) is 15.0. The van der Waals surface area contributed by atoms with E-state index >= 15 is 0 Å². The first kappa shape index (κ1) is 24.7. The van der Waals surface area contributed by atoms with Gasteiger partial charge >= 0.3 is 0 Å². The Kier molecular flexibility index (Phi) is 6.99. The van der Waals surface area contributed by atoms with Gasteiger partial charge in [-0.05, 0) is 80.1 Å². The summed E-state index contributed by atoms with van der Waals surface area (Å²) in [5.41, 5.74) is 6.90. The van der Waals surface area contributed by atoms with Crippen LogP contribution in [0.25, 0.3) is 17.0 Å². The number of fused-ring (bicyclic) bond motifs is 1. The largest absolute Gasteiger partial charge is 0.371 e. The van der Waals surface area contributed by atoms with Crippen molar-refractivity contribution in [2.75, 3.05) is 23.3 Å². The highest BCUT2D eigenvalue weighted by Gasteiger charge is 2.17. The average molecular weight is 520 g/mol. The quantitative estimate of drug-likeness (QED) is 0.257. The third kappa shape index (κ3) is 5.50. The predicted octanol–water partition coefficient (Wildman–Crippen LogP) is 6.54. The van der Waals surface area contributed by atoms with Gasteiger partial charge in [0.05, 0.1) is 11.9 Å². The Bertz CT molecular complexity index is 1630. The number of pyridine rings is 2. The van der Waals surface area contributed by atoms with Crippen LogP contribution in [0.4, 0.5) is 21.6 Å². The zero-order valence-electron chi connectivity index (χ0n) is 21.9. The highest BCUT2D eigenvalue weighted by molar-refractivity contribution is 5.78. The van der Waals surface area contributed by atoms with E-state index in [0.29, 0.717) is 23.0 Å². The molecule has 5 heterocycles. The van der Waals surface area contributed by atoms with Crippen molar-refractivity contribution in [2.45, 2.75) is 32.6 Å². The SMILES string of the molecule is Cc1cccc(N2CCC/C(=C/Cc3ccn4nc(-c5ccccn5)nc(Nc5ccncc5F)c34)CC2)c1. The monoisotopic (exact) mass is 519 g/mol. The Labute approximate surface area is 227 Å². The van der Waals surface area contributed by atoms with Crippen LogP contribution in [0.3, 0.4) is 0 Å². The molecule has 4 aromatic heterocycles. The molecule has 6 rings (SSSR count). The van der Waals surface area contributed by atoms with Crippen LogP contribution in [-0.4, -0.2) is 37.7 Å². The molecule has 196 valence electrons. The lowest BCUT2D eigenvalue weighted by Gasteiger charge is -2.22. The number of nitrogens with zero attached hydrogens (tertiary/aromatic N) is 6. The molecule has 0 radical (unpaired) electrons.